The zero-order chi connectivity index (χ0) is 16.2. The van der Waals surface area contributed by atoms with Crippen LogP contribution in [0.25, 0.3) is 0 Å². The molecular formula is C17H17ClN2O3. The molecule has 1 amide bonds. The molecule has 3 rings (SSSR count). The summed E-state index contributed by atoms with van der Waals surface area (Å²) in [6.45, 7) is 3.16. The van der Waals surface area contributed by atoms with Crippen molar-refractivity contribution in [3.8, 4) is 5.88 Å². The van der Waals surface area contributed by atoms with Gasteiger partial charge in [0.1, 0.15) is 6.10 Å². The molecule has 6 heteroatoms. The Balaban J connectivity index is 1.70. The number of halogens is 1. The molecule has 1 aliphatic heterocycles. The van der Waals surface area contributed by atoms with E-state index in [1.54, 1.807) is 24.4 Å². The molecule has 23 heavy (non-hydrogen) atoms. The number of carbonyl (C=O) groups excluding carboxylic acids is 1. The second-order valence-electron chi connectivity index (χ2n) is 5.40. The number of benzene rings is 1. The number of nitrogens with zero attached hydrogens (tertiary/aromatic N) is 1. The lowest BCUT2D eigenvalue weighted by molar-refractivity contribution is 0.102. The third kappa shape index (κ3) is 4.00. The lowest BCUT2D eigenvalue weighted by atomic mass is 10.2. The Morgan fingerprint density at radius 1 is 1.39 bits per heavy atom. The molecule has 1 aromatic carbocycles. The van der Waals surface area contributed by atoms with Gasteiger partial charge in [0.05, 0.1) is 13.2 Å². The standard InChI is InChI=1S/C17H17ClN2O3/c1-11-2-3-13(9-15(11)18)20-17(21)12-4-6-19-16(8-12)23-14-5-7-22-10-14/h2-4,6,8-9,14H,5,7,10H2,1H3,(H,20,21)/t14-/m0/s1. The molecule has 1 fully saturated rings. The maximum absolute atomic E-state index is 12.3. The SMILES string of the molecule is Cc1ccc(NC(=O)c2ccnc(O[C@H]3CCOC3)c2)cc1Cl. The van der Waals surface area contributed by atoms with Gasteiger partial charge in [0, 0.05) is 35.0 Å². The first kappa shape index (κ1) is 15.8. The monoisotopic (exact) mass is 332 g/mol. The Kier molecular flexibility index (Phi) is 4.79. The van der Waals surface area contributed by atoms with Crippen LogP contribution in [0.2, 0.25) is 5.02 Å². The van der Waals surface area contributed by atoms with Gasteiger partial charge in [-0.3, -0.25) is 4.79 Å². The van der Waals surface area contributed by atoms with Gasteiger partial charge in [0.25, 0.3) is 5.91 Å². The van der Waals surface area contributed by atoms with E-state index in [0.29, 0.717) is 35.4 Å². The fourth-order valence-corrected chi connectivity index (χ4v) is 2.45. The topological polar surface area (TPSA) is 60.5 Å². The lowest BCUT2D eigenvalue weighted by Gasteiger charge is -2.12. The van der Waals surface area contributed by atoms with E-state index in [1.807, 2.05) is 19.1 Å². The van der Waals surface area contributed by atoms with Gasteiger partial charge in [-0.05, 0) is 30.7 Å². The summed E-state index contributed by atoms with van der Waals surface area (Å²) in [5.41, 5.74) is 2.09. The first-order valence-corrected chi connectivity index (χ1v) is 7.77. The molecule has 0 bridgehead atoms. The largest absolute Gasteiger partial charge is 0.472 e. The molecule has 1 saturated heterocycles. The Hall–Kier alpha value is -2.11. The van der Waals surface area contributed by atoms with Gasteiger partial charge in [-0.15, -0.1) is 0 Å². The van der Waals surface area contributed by atoms with Crippen molar-refractivity contribution in [1.29, 1.82) is 0 Å². The van der Waals surface area contributed by atoms with Gasteiger partial charge < -0.3 is 14.8 Å². The summed E-state index contributed by atoms with van der Waals surface area (Å²) in [4.78, 5) is 16.5. The molecule has 0 radical (unpaired) electrons. The van der Waals surface area contributed by atoms with E-state index in [1.165, 1.54) is 0 Å². The van der Waals surface area contributed by atoms with Crippen molar-refractivity contribution in [2.75, 3.05) is 18.5 Å². The van der Waals surface area contributed by atoms with E-state index in [2.05, 4.69) is 10.3 Å². The van der Waals surface area contributed by atoms with Crippen molar-refractivity contribution in [3.05, 3.63) is 52.7 Å². The number of anilines is 1. The summed E-state index contributed by atoms with van der Waals surface area (Å²) >= 11 is 6.07. The number of hydrogen-bond donors (Lipinski definition) is 1. The molecule has 0 unspecified atom stereocenters. The molecule has 120 valence electrons. The highest BCUT2D eigenvalue weighted by Crippen LogP contribution is 2.21. The van der Waals surface area contributed by atoms with Crippen LogP contribution in [0.15, 0.2) is 36.5 Å². The van der Waals surface area contributed by atoms with Gasteiger partial charge in [0.2, 0.25) is 5.88 Å². The number of amides is 1. The number of aryl methyl sites for hydroxylation is 1. The van der Waals surface area contributed by atoms with Crippen LogP contribution in [0.4, 0.5) is 5.69 Å². The third-order valence-electron chi connectivity index (χ3n) is 3.60. The predicted molar refractivity (Wildman–Crippen MR) is 88.2 cm³/mol. The van der Waals surface area contributed by atoms with Crippen LogP contribution >= 0.6 is 11.6 Å². The van der Waals surface area contributed by atoms with Crippen molar-refractivity contribution >= 4 is 23.2 Å². The smallest absolute Gasteiger partial charge is 0.255 e. The van der Waals surface area contributed by atoms with Crippen LogP contribution in [0.1, 0.15) is 22.3 Å². The second-order valence-corrected chi connectivity index (χ2v) is 5.81. The van der Waals surface area contributed by atoms with Gasteiger partial charge >= 0.3 is 0 Å². The van der Waals surface area contributed by atoms with Crippen molar-refractivity contribution in [1.82, 2.24) is 4.98 Å². The van der Waals surface area contributed by atoms with E-state index >= 15 is 0 Å². The van der Waals surface area contributed by atoms with Crippen LogP contribution in [0.5, 0.6) is 5.88 Å². The Morgan fingerprint density at radius 2 is 2.26 bits per heavy atom. The van der Waals surface area contributed by atoms with E-state index in [4.69, 9.17) is 21.1 Å². The van der Waals surface area contributed by atoms with E-state index in [0.717, 1.165) is 12.0 Å². The number of ether oxygens (including phenoxy) is 2. The van der Waals surface area contributed by atoms with Crippen molar-refractivity contribution in [3.63, 3.8) is 0 Å². The predicted octanol–water partition coefficient (Wildman–Crippen LogP) is 3.46. The molecular weight excluding hydrogens is 316 g/mol. The summed E-state index contributed by atoms with van der Waals surface area (Å²) in [6, 6.07) is 8.67. The van der Waals surface area contributed by atoms with Crippen molar-refractivity contribution < 1.29 is 14.3 Å². The molecule has 2 aromatic rings. The average Bonchev–Trinajstić information content (AvgIpc) is 3.04. The van der Waals surface area contributed by atoms with Crippen LogP contribution in [-0.4, -0.2) is 30.2 Å². The quantitative estimate of drug-likeness (QED) is 0.931. The van der Waals surface area contributed by atoms with E-state index in [-0.39, 0.29) is 12.0 Å². The molecule has 0 saturated carbocycles. The summed E-state index contributed by atoms with van der Waals surface area (Å²) in [7, 11) is 0. The minimum absolute atomic E-state index is 0.00304. The maximum Gasteiger partial charge on any atom is 0.255 e. The zero-order valence-electron chi connectivity index (χ0n) is 12.7. The average molecular weight is 333 g/mol. The van der Waals surface area contributed by atoms with Crippen LogP contribution in [-0.2, 0) is 4.74 Å². The highest BCUT2D eigenvalue weighted by molar-refractivity contribution is 6.31. The van der Waals surface area contributed by atoms with E-state index in [9.17, 15) is 4.79 Å². The summed E-state index contributed by atoms with van der Waals surface area (Å²) in [5, 5.41) is 3.43. The fourth-order valence-electron chi connectivity index (χ4n) is 2.27. The van der Waals surface area contributed by atoms with Crippen LogP contribution in [0, 0.1) is 6.92 Å². The molecule has 5 nitrogen and oxygen atoms in total. The first-order valence-electron chi connectivity index (χ1n) is 7.40. The molecule has 1 N–H and O–H groups in total. The molecule has 1 atom stereocenters. The molecule has 0 spiro atoms. The molecule has 1 aliphatic rings. The lowest BCUT2D eigenvalue weighted by Crippen LogP contribution is -2.17. The van der Waals surface area contributed by atoms with Gasteiger partial charge in [-0.1, -0.05) is 17.7 Å². The first-order chi connectivity index (χ1) is 11.1. The van der Waals surface area contributed by atoms with Crippen molar-refractivity contribution in [2.45, 2.75) is 19.4 Å². The third-order valence-corrected chi connectivity index (χ3v) is 4.01. The minimum atomic E-state index is -0.236. The zero-order valence-corrected chi connectivity index (χ0v) is 13.5. The molecule has 0 aliphatic carbocycles. The minimum Gasteiger partial charge on any atom is -0.472 e. The molecule has 2 heterocycles. The fraction of sp³-hybridized carbons (Fsp3) is 0.294. The Labute approximate surface area is 139 Å². The van der Waals surface area contributed by atoms with Crippen LogP contribution in [0.3, 0.4) is 0 Å². The van der Waals surface area contributed by atoms with E-state index < -0.39 is 0 Å². The normalized spacial score (nSPS) is 17.0. The number of hydrogen-bond acceptors (Lipinski definition) is 4. The number of rotatable bonds is 4. The number of nitrogens with one attached hydrogen (secondary N) is 1. The maximum atomic E-state index is 12.3. The Bertz CT molecular complexity index is 715. The Morgan fingerprint density at radius 3 is 3.00 bits per heavy atom. The number of pyridine rings is 1. The summed E-state index contributed by atoms with van der Waals surface area (Å²) in [5.74, 6) is 0.190. The summed E-state index contributed by atoms with van der Waals surface area (Å²) in [6.07, 6.45) is 2.39. The number of carbonyl (C=O) groups is 1. The van der Waals surface area contributed by atoms with Gasteiger partial charge in [-0.25, -0.2) is 4.98 Å². The highest BCUT2D eigenvalue weighted by atomic mass is 35.5. The van der Waals surface area contributed by atoms with Gasteiger partial charge in [-0.2, -0.15) is 0 Å². The van der Waals surface area contributed by atoms with Crippen molar-refractivity contribution in [2.24, 2.45) is 0 Å². The molecule has 1 aromatic heterocycles. The van der Waals surface area contributed by atoms with Crippen LogP contribution < -0.4 is 10.1 Å². The highest BCUT2D eigenvalue weighted by Gasteiger charge is 2.18. The summed E-state index contributed by atoms with van der Waals surface area (Å²) < 4.78 is 11.0. The second kappa shape index (κ2) is 6.98. The number of aromatic nitrogens is 1. The van der Waals surface area contributed by atoms with Gasteiger partial charge in [0.15, 0.2) is 0 Å².